The van der Waals surface area contributed by atoms with Gasteiger partial charge in [-0.1, -0.05) is 30.3 Å². The third kappa shape index (κ3) is 3.42. The number of aromatic amines is 1. The number of H-pyrrole nitrogens is 1. The van der Waals surface area contributed by atoms with Gasteiger partial charge in [-0.15, -0.1) is 0 Å². The highest BCUT2D eigenvalue weighted by Crippen LogP contribution is 2.28. The Bertz CT molecular complexity index is 832. The van der Waals surface area contributed by atoms with Gasteiger partial charge in [0.1, 0.15) is 0 Å². The Morgan fingerprint density at radius 1 is 1.16 bits per heavy atom. The number of hydrogen-bond acceptors (Lipinski definition) is 2. The minimum absolute atomic E-state index is 0.636. The Balaban J connectivity index is 1.32. The maximum absolute atomic E-state index is 6.12. The van der Waals surface area contributed by atoms with Crippen molar-refractivity contribution in [2.45, 2.75) is 38.1 Å². The Labute approximate surface area is 149 Å². The molecular weight excluding hydrogens is 306 g/mol. The van der Waals surface area contributed by atoms with E-state index in [1.807, 2.05) is 6.07 Å². The summed E-state index contributed by atoms with van der Waals surface area (Å²) in [6, 6.07) is 17.8. The zero-order valence-corrected chi connectivity index (χ0v) is 15.0. The standard InChI is InChI=1S/C22H27N3/c1-25(19-11-12-20-16(15-19)7-4-9-21(20)23)13-5-8-18-14-17-6-2-3-10-22(17)24-18/h2-4,6-7,9-10,14,19,24H,5,8,11-13,15,23H2,1H3. The summed E-state index contributed by atoms with van der Waals surface area (Å²) >= 11 is 0. The maximum atomic E-state index is 6.12. The summed E-state index contributed by atoms with van der Waals surface area (Å²) in [7, 11) is 2.27. The van der Waals surface area contributed by atoms with Gasteiger partial charge in [0.05, 0.1) is 0 Å². The largest absolute Gasteiger partial charge is 0.398 e. The summed E-state index contributed by atoms with van der Waals surface area (Å²) in [5.74, 6) is 0. The molecule has 1 aromatic heterocycles. The first-order valence-electron chi connectivity index (χ1n) is 9.34. The molecule has 1 atom stereocenters. The van der Waals surface area contributed by atoms with Gasteiger partial charge in [-0.2, -0.15) is 0 Å². The molecule has 3 nitrogen and oxygen atoms in total. The van der Waals surface area contributed by atoms with E-state index in [1.165, 1.54) is 40.6 Å². The molecule has 1 aliphatic carbocycles. The number of para-hydroxylation sites is 1. The number of fused-ring (bicyclic) bond motifs is 2. The molecule has 130 valence electrons. The molecule has 0 bridgehead atoms. The van der Waals surface area contributed by atoms with Crippen molar-refractivity contribution in [3.63, 3.8) is 0 Å². The third-order valence-electron chi connectivity index (χ3n) is 5.66. The fraction of sp³-hybridized carbons (Fsp3) is 0.364. The Kier molecular flexibility index (Phi) is 4.50. The van der Waals surface area contributed by atoms with E-state index in [1.54, 1.807) is 0 Å². The van der Waals surface area contributed by atoms with Crippen molar-refractivity contribution in [3.05, 3.63) is 65.4 Å². The van der Waals surface area contributed by atoms with E-state index in [0.29, 0.717) is 6.04 Å². The molecule has 4 rings (SSSR count). The number of anilines is 1. The first-order valence-corrected chi connectivity index (χ1v) is 9.34. The Hall–Kier alpha value is -2.26. The third-order valence-corrected chi connectivity index (χ3v) is 5.66. The zero-order chi connectivity index (χ0) is 17.2. The number of aromatic nitrogens is 1. The molecule has 0 saturated heterocycles. The van der Waals surface area contributed by atoms with E-state index in [-0.39, 0.29) is 0 Å². The molecule has 0 saturated carbocycles. The van der Waals surface area contributed by atoms with Gasteiger partial charge < -0.3 is 15.6 Å². The monoisotopic (exact) mass is 333 g/mol. The summed E-state index contributed by atoms with van der Waals surface area (Å²) in [6.07, 6.45) is 5.74. The van der Waals surface area contributed by atoms with Crippen LogP contribution in [0.5, 0.6) is 0 Å². The van der Waals surface area contributed by atoms with Crippen molar-refractivity contribution in [2.24, 2.45) is 0 Å². The fourth-order valence-electron chi connectivity index (χ4n) is 4.16. The molecule has 2 aromatic carbocycles. The van der Waals surface area contributed by atoms with Gasteiger partial charge in [0.25, 0.3) is 0 Å². The van der Waals surface area contributed by atoms with Crippen LogP contribution in [0.25, 0.3) is 10.9 Å². The lowest BCUT2D eigenvalue weighted by molar-refractivity contribution is 0.219. The molecule has 0 radical (unpaired) electrons. The van der Waals surface area contributed by atoms with Gasteiger partial charge in [-0.25, -0.2) is 0 Å². The maximum Gasteiger partial charge on any atom is 0.0456 e. The number of hydrogen-bond donors (Lipinski definition) is 2. The van der Waals surface area contributed by atoms with Crippen molar-refractivity contribution < 1.29 is 0 Å². The number of nitrogens with two attached hydrogens (primary N) is 1. The molecule has 0 spiro atoms. The number of nitrogens with zero attached hydrogens (tertiary/aromatic N) is 1. The predicted octanol–water partition coefficient (Wildman–Crippen LogP) is 4.17. The zero-order valence-electron chi connectivity index (χ0n) is 15.0. The topological polar surface area (TPSA) is 45.0 Å². The average molecular weight is 333 g/mol. The number of likely N-dealkylation sites (N-methyl/N-ethyl adjacent to an activating group) is 1. The van der Waals surface area contributed by atoms with Gasteiger partial charge in [0, 0.05) is 22.9 Å². The second-order valence-corrected chi connectivity index (χ2v) is 7.35. The van der Waals surface area contributed by atoms with Crippen LogP contribution in [0.2, 0.25) is 0 Å². The van der Waals surface area contributed by atoms with E-state index in [9.17, 15) is 0 Å². The van der Waals surface area contributed by atoms with E-state index in [4.69, 9.17) is 5.73 Å². The molecule has 3 heteroatoms. The number of rotatable bonds is 5. The van der Waals surface area contributed by atoms with Crippen LogP contribution in [0.15, 0.2) is 48.5 Å². The van der Waals surface area contributed by atoms with Crippen LogP contribution in [-0.4, -0.2) is 29.5 Å². The number of nitrogen functional groups attached to an aromatic ring is 1. The molecule has 3 N–H and O–H groups in total. The van der Waals surface area contributed by atoms with Crippen LogP contribution in [0.1, 0.15) is 29.7 Å². The highest BCUT2D eigenvalue weighted by Gasteiger charge is 2.22. The summed E-state index contributed by atoms with van der Waals surface area (Å²) in [5.41, 5.74) is 12.5. The Morgan fingerprint density at radius 3 is 2.92 bits per heavy atom. The molecule has 1 heterocycles. The average Bonchev–Trinajstić information content (AvgIpc) is 3.04. The quantitative estimate of drug-likeness (QED) is 0.688. The highest BCUT2D eigenvalue weighted by molar-refractivity contribution is 5.80. The normalized spacial score (nSPS) is 17.1. The molecule has 0 aliphatic heterocycles. The van der Waals surface area contributed by atoms with Gasteiger partial charge in [-0.3, -0.25) is 0 Å². The number of nitrogens with one attached hydrogen (secondary N) is 1. The first kappa shape index (κ1) is 16.2. The van der Waals surface area contributed by atoms with Crippen molar-refractivity contribution in [2.75, 3.05) is 19.3 Å². The van der Waals surface area contributed by atoms with E-state index >= 15 is 0 Å². The lowest BCUT2D eigenvalue weighted by Crippen LogP contribution is -2.37. The molecule has 25 heavy (non-hydrogen) atoms. The predicted molar refractivity (Wildman–Crippen MR) is 106 cm³/mol. The molecular formula is C22H27N3. The molecule has 0 fully saturated rings. The SMILES string of the molecule is CN(CCCc1cc2ccccc2[nH]1)C1CCc2c(N)cccc2C1. The molecule has 3 aromatic rings. The van der Waals surface area contributed by atoms with Crippen LogP contribution in [0.4, 0.5) is 5.69 Å². The number of aryl methyl sites for hydroxylation is 1. The fourth-order valence-corrected chi connectivity index (χ4v) is 4.16. The van der Waals surface area contributed by atoms with Gasteiger partial charge in [-0.05, 0) is 80.4 Å². The molecule has 0 amide bonds. The first-order chi connectivity index (χ1) is 12.2. The highest BCUT2D eigenvalue weighted by atomic mass is 15.1. The van der Waals surface area contributed by atoms with Crippen molar-refractivity contribution >= 4 is 16.6 Å². The van der Waals surface area contributed by atoms with Crippen molar-refractivity contribution in [3.8, 4) is 0 Å². The summed E-state index contributed by atoms with van der Waals surface area (Å²) in [4.78, 5) is 6.07. The molecule has 1 unspecified atom stereocenters. The van der Waals surface area contributed by atoms with Crippen LogP contribution < -0.4 is 5.73 Å². The molecule has 1 aliphatic rings. The van der Waals surface area contributed by atoms with Crippen molar-refractivity contribution in [1.82, 2.24) is 9.88 Å². The minimum atomic E-state index is 0.636. The summed E-state index contributed by atoms with van der Waals surface area (Å²) in [5, 5.41) is 1.31. The van der Waals surface area contributed by atoms with Crippen LogP contribution in [0, 0.1) is 0 Å². The summed E-state index contributed by atoms with van der Waals surface area (Å²) in [6.45, 7) is 1.14. The lowest BCUT2D eigenvalue weighted by Gasteiger charge is -2.33. The van der Waals surface area contributed by atoms with E-state index in [2.05, 4.69) is 59.4 Å². The van der Waals surface area contributed by atoms with E-state index in [0.717, 1.165) is 31.5 Å². The summed E-state index contributed by atoms with van der Waals surface area (Å²) < 4.78 is 0. The second kappa shape index (κ2) is 6.93. The van der Waals surface area contributed by atoms with Gasteiger partial charge in [0.2, 0.25) is 0 Å². The lowest BCUT2D eigenvalue weighted by atomic mass is 9.86. The van der Waals surface area contributed by atoms with Crippen LogP contribution in [-0.2, 0) is 19.3 Å². The Morgan fingerprint density at radius 2 is 2.04 bits per heavy atom. The van der Waals surface area contributed by atoms with E-state index < -0.39 is 0 Å². The van der Waals surface area contributed by atoms with Crippen molar-refractivity contribution in [1.29, 1.82) is 0 Å². The van der Waals surface area contributed by atoms with Gasteiger partial charge in [0.15, 0.2) is 0 Å². The number of benzene rings is 2. The minimum Gasteiger partial charge on any atom is -0.398 e. The second-order valence-electron chi connectivity index (χ2n) is 7.35. The van der Waals surface area contributed by atoms with Crippen LogP contribution in [0.3, 0.4) is 0 Å². The van der Waals surface area contributed by atoms with Crippen LogP contribution >= 0.6 is 0 Å². The van der Waals surface area contributed by atoms with Gasteiger partial charge >= 0.3 is 0 Å². The smallest absolute Gasteiger partial charge is 0.0456 e.